The van der Waals surface area contributed by atoms with E-state index < -0.39 is 17.0 Å². The van der Waals surface area contributed by atoms with Crippen LogP contribution in [0.5, 0.6) is 0 Å². The normalized spacial score (nSPS) is 15.8. The van der Waals surface area contributed by atoms with E-state index in [0.29, 0.717) is 36.6 Å². The Hall–Kier alpha value is -2.35. The van der Waals surface area contributed by atoms with Crippen molar-refractivity contribution in [2.75, 3.05) is 25.1 Å². The molecule has 1 aliphatic rings. The number of aliphatic hydroxyl groups excluding tert-OH is 1. The number of nitrogens with zero attached hydrogens (tertiary/aromatic N) is 2. The fourth-order valence-corrected chi connectivity index (χ4v) is 3.97. The molecule has 2 aromatic carbocycles. The summed E-state index contributed by atoms with van der Waals surface area (Å²) in [7, 11) is 1.19. The lowest BCUT2D eigenvalue weighted by molar-refractivity contribution is -0.384. The van der Waals surface area contributed by atoms with Crippen molar-refractivity contribution < 1.29 is 19.6 Å². The monoisotopic (exact) mass is 438 g/mol. The summed E-state index contributed by atoms with van der Waals surface area (Å²) in [5.41, 5.74) is 0.903. The number of rotatable bonds is 5. The van der Waals surface area contributed by atoms with Gasteiger partial charge < -0.3 is 14.7 Å². The number of piperidine rings is 1. The Morgan fingerprint density at radius 2 is 1.86 bits per heavy atom. The van der Waals surface area contributed by atoms with E-state index in [2.05, 4.69) is 4.74 Å². The molecule has 1 saturated heterocycles. The van der Waals surface area contributed by atoms with Gasteiger partial charge in [0.25, 0.3) is 5.69 Å². The molecule has 0 bridgehead atoms. The summed E-state index contributed by atoms with van der Waals surface area (Å²) in [5, 5.41) is 22.9. The highest BCUT2D eigenvalue weighted by molar-refractivity contribution is 6.34. The number of anilines is 1. The average Bonchev–Trinajstić information content (AvgIpc) is 2.73. The third-order valence-corrected chi connectivity index (χ3v) is 5.77. The second-order valence-electron chi connectivity index (χ2n) is 6.89. The smallest absolute Gasteiger partial charge is 0.339 e. The van der Waals surface area contributed by atoms with E-state index in [0.717, 1.165) is 11.6 Å². The van der Waals surface area contributed by atoms with Gasteiger partial charge in [0.05, 0.1) is 28.7 Å². The quantitative estimate of drug-likeness (QED) is 0.415. The minimum Gasteiger partial charge on any atom is -0.465 e. The van der Waals surface area contributed by atoms with Crippen molar-refractivity contribution in [1.82, 2.24) is 0 Å². The minimum absolute atomic E-state index is 0.0243. The van der Waals surface area contributed by atoms with Gasteiger partial charge in [-0.15, -0.1) is 0 Å². The molecule has 1 heterocycles. The van der Waals surface area contributed by atoms with E-state index in [1.54, 1.807) is 24.3 Å². The van der Waals surface area contributed by atoms with Crippen molar-refractivity contribution in [3.63, 3.8) is 0 Å². The van der Waals surface area contributed by atoms with Crippen LogP contribution in [0.25, 0.3) is 0 Å². The van der Waals surface area contributed by atoms with Crippen LogP contribution in [0.1, 0.15) is 34.9 Å². The van der Waals surface area contributed by atoms with Crippen molar-refractivity contribution in [2.24, 2.45) is 5.92 Å². The van der Waals surface area contributed by atoms with Gasteiger partial charge in [-0.3, -0.25) is 10.1 Å². The maximum absolute atomic E-state index is 11.8. The van der Waals surface area contributed by atoms with Gasteiger partial charge in [0, 0.05) is 24.2 Å². The molecule has 2 aromatic rings. The summed E-state index contributed by atoms with van der Waals surface area (Å²) in [4.78, 5) is 24.7. The number of aliphatic hydroxyl groups is 1. The van der Waals surface area contributed by atoms with E-state index in [9.17, 15) is 20.0 Å². The lowest BCUT2D eigenvalue weighted by Crippen LogP contribution is -2.36. The van der Waals surface area contributed by atoms with Crippen molar-refractivity contribution >= 4 is 40.5 Å². The predicted molar refractivity (Wildman–Crippen MR) is 111 cm³/mol. The van der Waals surface area contributed by atoms with Crippen LogP contribution < -0.4 is 4.90 Å². The highest BCUT2D eigenvalue weighted by Gasteiger charge is 2.30. The highest BCUT2D eigenvalue weighted by atomic mass is 35.5. The van der Waals surface area contributed by atoms with Crippen LogP contribution in [0.3, 0.4) is 0 Å². The lowest BCUT2D eigenvalue weighted by atomic mass is 9.87. The molecule has 29 heavy (non-hydrogen) atoms. The number of methoxy groups -OCH3 is 1. The lowest BCUT2D eigenvalue weighted by Gasteiger charge is -2.35. The van der Waals surface area contributed by atoms with Gasteiger partial charge >= 0.3 is 5.97 Å². The zero-order valence-electron chi connectivity index (χ0n) is 15.7. The van der Waals surface area contributed by atoms with Crippen LogP contribution in [0.15, 0.2) is 36.4 Å². The summed E-state index contributed by atoms with van der Waals surface area (Å²) in [6.45, 7) is 1.04. The third kappa shape index (κ3) is 4.63. The van der Waals surface area contributed by atoms with Gasteiger partial charge in [0.15, 0.2) is 0 Å². The maximum Gasteiger partial charge on any atom is 0.339 e. The first kappa shape index (κ1) is 21.4. The molecule has 1 atom stereocenters. The standard InChI is InChI=1S/C20H20Cl2N2O5/c1-29-20(26)15-10-18(24(27)28)17(11-16(15)22)23-8-6-13(7-9-23)19(25)12-2-4-14(21)5-3-12/h2-5,10-11,13,19,25H,6-9H2,1H3. The average molecular weight is 439 g/mol. The molecule has 1 fully saturated rings. The first-order valence-corrected chi connectivity index (χ1v) is 9.82. The number of nitro benzene ring substituents is 1. The van der Waals surface area contributed by atoms with Crippen LogP contribution in [0.2, 0.25) is 10.0 Å². The van der Waals surface area contributed by atoms with Gasteiger partial charge in [-0.1, -0.05) is 35.3 Å². The molecule has 9 heteroatoms. The molecule has 1 aliphatic heterocycles. The van der Waals surface area contributed by atoms with Crippen molar-refractivity contribution in [1.29, 1.82) is 0 Å². The van der Waals surface area contributed by atoms with E-state index in [-0.39, 0.29) is 22.2 Å². The number of hydrogen-bond donors (Lipinski definition) is 1. The Morgan fingerprint density at radius 1 is 1.24 bits per heavy atom. The van der Waals surface area contributed by atoms with Crippen molar-refractivity contribution in [3.8, 4) is 0 Å². The molecule has 0 saturated carbocycles. The van der Waals surface area contributed by atoms with Gasteiger partial charge in [-0.05, 0) is 42.5 Å². The Balaban J connectivity index is 1.78. The van der Waals surface area contributed by atoms with Crippen LogP contribution in [0, 0.1) is 16.0 Å². The molecule has 0 spiro atoms. The SMILES string of the molecule is COC(=O)c1cc([N+](=O)[O-])c(N2CCC(C(O)c3ccc(Cl)cc3)CC2)cc1Cl. The first-order valence-electron chi connectivity index (χ1n) is 9.06. The Labute approximate surface area is 177 Å². The number of halogens is 2. The summed E-state index contributed by atoms with van der Waals surface area (Å²) >= 11 is 12.1. The zero-order valence-corrected chi connectivity index (χ0v) is 17.2. The third-order valence-electron chi connectivity index (χ3n) is 5.20. The molecular weight excluding hydrogens is 419 g/mol. The van der Waals surface area contributed by atoms with Crippen LogP contribution in [0.4, 0.5) is 11.4 Å². The summed E-state index contributed by atoms with van der Waals surface area (Å²) in [6, 6.07) is 9.66. The summed E-state index contributed by atoms with van der Waals surface area (Å²) in [5.74, 6) is -0.703. The highest BCUT2D eigenvalue weighted by Crippen LogP contribution is 2.38. The molecular formula is C20H20Cl2N2O5. The number of carbonyl (C=O) groups excluding carboxylic acids is 1. The number of benzene rings is 2. The number of esters is 1. The Kier molecular flexibility index (Phi) is 6.62. The molecule has 0 radical (unpaired) electrons. The van der Waals surface area contributed by atoms with Crippen molar-refractivity contribution in [3.05, 3.63) is 67.7 Å². The Morgan fingerprint density at radius 3 is 2.41 bits per heavy atom. The predicted octanol–water partition coefficient (Wildman–Crippen LogP) is 4.64. The fourth-order valence-electron chi connectivity index (χ4n) is 3.61. The van der Waals surface area contributed by atoms with Gasteiger partial charge in [-0.2, -0.15) is 0 Å². The summed E-state index contributed by atoms with van der Waals surface area (Å²) < 4.78 is 4.63. The first-order chi connectivity index (χ1) is 13.8. The molecule has 1 N–H and O–H groups in total. The van der Waals surface area contributed by atoms with Crippen LogP contribution in [-0.2, 0) is 4.74 Å². The van der Waals surface area contributed by atoms with Gasteiger partial charge in [-0.25, -0.2) is 4.79 Å². The fraction of sp³-hybridized carbons (Fsp3) is 0.350. The van der Waals surface area contributed by atoms with E-state index in [4.69, 9.17) is 23.2 Å². The second-order valence-corrected chi connectivity index (χ2v) is 7.73. The molecule has 3 rings (SSSR count). The minimum atomic E-state index is -0.727. The molecule has 1 unspecified atom stereocenters. The largest absolute Gasteiger partial charge is 0.465 e. The molecule has 7 nitrogen and oxygen atoms in total. The van der Waals surface area contributed by atoms with E-state index >= 15 is 0 Å². The summed E-state index contributed by atoms with van der Waals surface area (Å²) in [6.07, 6.45) is 0.670. The second kappa shape index (κ2) is 8.98. The number of ether oxygens (including phenoxy) is 1. The topological polar surface area (TPSA) is 92.9 Å². The number of carbonyl (C=O) groups is 1. The van der Waals surface area contributed by atoms with Crippen LogP contribution >= 0.6 is 23.2 Å². The zero-order chi connectivity index (χ0) is 21.1. The Bertz CT molecular complexity index is 912. The van der Waals surface area contributed by atoms with Gasteiger partial charge in [0.2, 0.25) is 0 Å². The molecule has 154 valence electrons. The van der Waals surface area contributed by atoms with E-state index in [1.165, 1.54) is 13.2 Å². The number of hydrogen-bond acceptors (Lipinski definition) is 6. The maximum atomic E-state index is 11.8. The molecule has 0 aromatic heterocycles. The van der Waals surface area contributed by atoms with E-state index in [1.807, 2.05) is 4.90 Å². The number of nitro groups is 1. The van der Waals surface area contributed by atoms with Gasteiger partial charge in [0.1, 0.15) is 5.69 Å². The van der Waals surface area contributed by atoms with Crippen molar-refractivity contribution in [2.45, 2.75) is 18.9 Å². The molecule has 0 aliphatic carbocycles. The molecule has 0 amide bonds. The van der Waals surface area contributed by atoms with Crippen LogP contribution in [-0.4, -0.2) is 36.2 Å².